The Labute approximate surface area is 104 Å². The molecule has 0 aliphatic heterocycles. The first-order valence-corrected chi connectivity index (χ1v) is 6.49. The van der Waals surface area contributed by atoms with Gasteiger partial charge in [0.05, 0.1) is 6.26 Å². The molecule has 96 valence electrons. The summed E-state index contributed by atoms with van der Waals surface area (Å²) in [5.74, 6) is 1.92. The van der Waals surface area contributed by atoms with Crippen LogP contribution in [0.5, 0.6) is 0 Å². The third-order valence-corrected chi connectivity index (χ3v) is 4.16. The predicted octanol–water partition coefficient (Wildman–Crippen LogP) is 2.54. The zero-order valence-electron chi connectivity index (χ0n) is 11.2. The van der Waals surface area contributed by atoms with Crippen molar-refractivity contribution < 1.29 is 4.42 Å². The lowest BCUT2D eigenvalue weighted by Gasteiger charge is -2.38. The lowest BCUT2D eigenvalue weighted by molar-refractivity contribution is 0.119. The lowest BCUT2D eigenvalue weighted by atomic mass is 9.92. The Morgan fingerprint density at radius 2 is 2.24 bits per heavy atom. The Kier molecular flexibility index (Phi) is 3.59. The molecule has 3 nitrogen and oxygen atoms in total. The number of aryl methyl sites for hydroxylation is 1. The van der Waals surface area contributed by atoms with Crippen LogP contribution in [-0.4, -0.2) is 24.0 Å². The lowest BCUT2D eigenvalue weighted by Crippen LogP contribution is -2.49. The van der Waals surface area contributed by atoms with Crippen molar-refractivity contribution in [2.75, 3.05) is 13.6 Å². The van der Waals surface area contributed by atoms with Crippen molar-refractivity contribution in [3.63, 3.8) is 0 Å². The van der Waals surface area contributed by atoms with E-state index in [2.05, 4.69) is 24.9 Å². The number of hydrogen-bond donors (Lipinski definition) is 1. The maximum absolute atomic E-state index is 5.99. The molecule has 0 radical (unpaired) electrons. The molecule has 1 aliphatic rings. The summed E-state index contributed by atoms with van der Waals surface area (Å²) in [5, 5.41) is 0. The van der Waals surface area contributed by atoms with Gasteiger partial charge in [0, 0.05) is 24.2 Å². The summed E-state index contributed by atoms with van der Waals surface area (Å²) in [6.45, 7) is 5.93. The van der Waals surface area contributed by atoms with Gasteiger partial charge in [-0.3, -0.25) is 4.90 Å². The molecule has 1 aromatic heterocycles. The summed E-state index contributed by atoms with van der Waals surface area (Å²) in [5.41, 5.74) is 7.37. The normalized spacial score (nSPS) is 19.6. The van der Waals surface area contributed by atoms with E-state index in [1.165, 1.54) is 24.8 Å². The highest BCUT2D eigenvalue weighted by atomic mass is 16.3. The predicted molar refractivity (Wildman–Crippen MR) is 69.7 cm³/mol. The van der Waals surface area contributed by atoms with Gasteiger partial charge in [-0.25, -0.2) is 0 Å². The van der Waals surface area contributed by atoms with E-state index in [4.69, 9.17) is 10.2 Å². The largest absolute Gasteiger partial charge is 0.469 e. The second kappa shape index (κ2) is 4.83. The van der Waals surface area contributed by atoms with Crippen molar-refractivity contribution >= 4 is 0 Å². The van der Waals surface area contributed by atoms with Gasteiger partial charge < -0.3 is 10.2 Å². The summed E-state index contributed by atoms with van der Waals surface area (Å²) in [6, 6.07) is 2.06. The molecule has 1 aliphatic carbocycles. The molecule has 0 spiro atoms. The number of nitrogens with zero attached hydrogens (tertiary/aromatic N) is 1. The van der Waals surface area contributed by atoms with Crippen LogP contribution in [0.4, 0.5) is 0 Å². The third-order valence-electron chi connectivity index (χ3n) is 4.16. The molecule has 0 saturated heterocycles. The van der Waals surface area contributed by atoms with Gasteiger partial charge in [0.15, 0.2) is 0 Å². The van der Waals surface area contributed by atoms with Gasteiger partial charge in [-0.05, 0) is 39.3 Å². The number of nitrogens with two attached hydrogens (primary N) is 1. The zero-order valence-corrected chi connectivity index (χ0v) is 11.2. The molecule has 1 atom stereocenters. The highest BCUT2D eigenvalue weighted by molar-refractivity contribution is 5.15. The highest BCUT2D eigenvalue weighted by Gasteiger charge is 2.35. The van der Waals surface area contributed by atoms with Crippen LogP contribution in [0.15, 0.2) is 16.7 Å². The first-order valence-electron chi connectivity index (χ1n) is 6.49. The van der Waals surface area contributed by atoms with Crippen molar-refractivity contribution in [3.8, 4) is 0 Å². The van der Waals surface area contributed by atoms with Gasteiger partial charge in [0.25, 0.3) is 0 Å². The highest BCUT2D eigenvalue weighted by Crippen LogP contribution is 2.38. The average molecular weight is 236 g/mol. The van der Waals surface area contributed by atoms with Crippen molar-refractivity contribution in [2.24, 2.45) is 11.7 Å². The standard InChI is InChI=1S/C14H24N2O/c1-11-13(6-7-17-11)9-16(3)14(2,10-15)8-12-4-5-12/h6-7,12H,4-5,8-10,15H2,1-3H3. The first-order chi connectivity index (χ1) is 8.05. The van der Waals surface area contributed by atoms with Gasteiger partial charge in [0.1, 0.15) is 5.76 Å². The second-order valence-electron chi connectivity index (χ2n) is 5.71. The van der Waals surface area contributed by atoms with Crippen molar-refractivity contribution in [2.45, 2.75) is 45.2 Å². The third kappa shape index (κ3) is 2.90. The number of hydrogen-bond acceptors (Lipinski definition) is 3. The van der Waals surface area contributed by atoms with Crippen LogP contribution in [0, 0.1) is 12.8 Å². The molecule has 0 amide bonds. The Morgan fingerprint density at radius 1 is 1.53 bits per heavy atom. The first kappa shape index (κ1) is 12.7. The number of likely N-dealkylation sites (N-methyl/N-ethyl adjacent to an activating group) is 1. The summed E-state index contributed by atoms with van der Waals surface area (Å²) in [6.07, 6.45) is 5.75. The molecule has 1 fully saturated rings. The molecule has 1 unspecified atom stereocenters. The summed E-state index contributed by atoms with van der Waals surface area (Å²) in [4.78, 5) is 2.38. The van der Waals surface area contributed by atoms with E-state index in [9.17, 15) is 0 Å². The van der Waals surface area contributed by atoms with Crippen LogP contribution >= 0.6 is 0 Å². The molecule has 1 aromatic rings. The van der Waals surface area contributed by atoms with Gasteiger partial charge in [-0.1, -0.05) is 12.8 Å². The minimum Gasteiger partial charge on any atom is -0.469 e. The minimum absolute atomic E-state index is 0.116. The van der Waals surface area contributed by atoms with Crippen LogP contribution in [0.1, 0.15) is 37.5 Å². The Hall–Kier alpha value is -0.800. The van der Waals surface area contributed by atoms with Crippen LogP contribution < -0.4 is 5.73 Å². The summed E-state index contributed by atoms with van der Waals surface area (Å²) in [7, 11) is 2.17. The van der Waals surface area contributed by atoms with Crippen LogP contribution in [0.3, 0.4) is 0 Å². The molecular formula is C14H24N2O. The van der Waals surface area contributed by atoms with Crippen LogP contribution in [0.25, 0.3) is 0 Å². The number of furan rings is 1. The smallest absolute Gasteiger partial charge is 0.105 e. The topological polar surface area (TPSA) is 42.4 Å². The Morgan fingerprint density at radius 3 is 2.71 bits per heavy atom. The minimum atomic E-state index is 0.116. The van der Waals surface area contributed by atoms with Gasteiger partial charge in [0.2, 0.25) is 0 Å². The van der Waals surface area contributed by atoms with E-state index < -0.39 is 0 Å². The molecule has 1 saturated carbocycles. The van der Waals surface area contributed by atoms with E-state index in [-0.39, 0.29) is 5.54 Å². The van der Waals surface area contributed by atoms with Crippen LogP contribution in [-0.2, 0) is 6.54 Å². The zero-order chi connectivity index (χ0) is 12.5. The Balaban J connectivity index is 2.01. The fraction of sp³-hybridized carbons (Fsp3) is 0.714. The molecular weight excluding hydrogens is 212 g/mol. The van der Waals surface area contributed by atoms with E-state index in [0.29, 0.717) is 0 Å². The maximum atomic E-state index is 5.99. The molecule has 2 rings (SSSR count). The molecule has 17 heavy (non-hydrogen) atoms. The molecule has 3 heteroatoms. The average Bonchev–Trinajstić information content (AvgIpc) is 3.02. The van der Waals surface area contributed by atoms with Crippen molar-refractivity contribution in [1.82, 2.24) is 4.90 Å². The van der Waals surface area contributed by atoms with Crippen molar-refractivity contribution in [3.05, 3.63) is 23.7 Å². The summed E-state index contributed by atoms with van der Waals surface area (Å²) >= 11 is 0. The summed E-state index contributed by atoms with van der Waals surface area (Å²) < 4.78 is 5.35. The van der Waals surface area contributed by atoms with E-state index in [1.807, 2.05) is 6.92 Å². The fourth-order valence-corrected chi connectivity index (χ4v) is 2.36. The van der Waals surface area contributed by atoms with Crippen LogP contribution in [0.2, 0.25) is 0 Å². The maximum Gasteiger partial charge on any atom is 0.105 e. The molecule has 0 bridgehead atoms. The van der Waals surface area contributed by atoms with E-state index >= 15 is 0 Å². The van der Waals surface area contributed by atoms with E-state index in [0.717, 1.165) is 24.8 Å². The molecule has 1 heterocycles. The van der Waals surface area contributed by atoms with Crippen molar-refractivity contribution in [1.29, 1.82) is 0 Å². The van der Waals surface area contributed by atoms with E-state index in [1.54, 1.807) is 6.26 Å². The van der Waals surface area contributed by atoms with Gasteiger partial charge in [-0.15, -0.1) is 0 Å². The molecule has 0 aromatic carbocycles. The molecule has 2 N–H and O–H groups in total. The van der Waals surface area contributed by atoms with Gasteiger partial charge in [-0.2, -0.15) is 0 Å². The SMILES string of the molecule is Cc1occc1CN(C)C(C)(CN)CC1CC1. The fourth-order valence-electron chi connectivity index (χ4n) is 2.36. The second-order valence-corrected chi connectivity index (χ2v) is 5.71. The monoisotopic (exact) mass is 236 g/mol. The quantitative estimate of drug-likeness (QED) is 0.825. The number of rotatable bonds is 6. The Bertz CT molecular complexity index is 370. The van der Waals surface area contributed by atoms with Gasteiger partial charge >= 0.3 is 0 Å².